The average molecular weight is 422 g/mol. The lowest BCUT2D eigenvalue weighted by atomic mass is 9.73. The van der Waals surface area contributed by atoms with E-state index < -0.39 is 5.41 Å². The van der Waals surface area contributed by atoms with Crippen molar-refractivity contribution < 1.29 is 9.59 Å². The fraction of sp³-hybridized carbons (Fsp3) is 0.577. The first-order chi connectivity index (χ1) is 14.7. The van der Waals surface area contributed by atoms with Gasteiger partial charge < -0.3 is 10.2 Å². The number of carbonyl (C=O) groups is 2. The van der Waals surface area contributed by atoms with Crippen LogP contribution in [0.25, 0.3) is 0 Å². The molecule has 1 fully saturated rings. The summed E-state index contributed by atoms with van der Waals surface area (Å²) in [5, 5.41) is 13.1. The molecule has 2 unspecified atom stereocenters. The lowest BCUT2D eigenvalue weighted by molar-refractivity contribution is -0.143. The fourth-order valence-corrected chi connectivity index (χ4v) is 4.48. The van der Waals surface area contributed by atoms with Crippen LogP contribution in [0.4, 0.5) is 0 Å². The van der Waals surface area contributed by atoms with E-state index in [0.29, 0.717) is 38.8 Å². The largest absolute Gasteiger partial charge is 0.353 e. The third-order valence-corrected chi connectivity index (χ3v) is 7.21. The van der Waals surface area contributed by atoms with Crippen LogP contribution in [0.5, 0.6) is 0 Å². The molecule has 0 spiro atoms. The number of likely N-dealkylation sites (tertiary alicyclic amines) is 1. The molecule has 1 saturated heterocycles. The molecule has 1 aromatic rings. The quantitative estimate of drug-likeness (QED) is 0.741. The first kappa shape index (κ1) is 23.1. The van der Waals surface area contributed by atoms with Crippen molar-refractivity contribution in [2.75, 3.05) is 13.1 Å². The van der Waals surface area contributed by atoms with E-state index in [0.717, 1.165) is 5.56 Å². The van der Waals surface area contributed by atoms with Crippen molar-refractivity contribution >= 4 is 11.8 Å². The normalized spacial score (nSPS) is 24.2. The lowest BCUT2D eigenvalue weighted by Gasteiger charge is -2.40. The molecule has 3 atom stereocenters. The number of piperidine rings is 1. The van der Waals surface area contributed by atoms with E-state index in [9.17, 15) is 14.9 Å². The number of nitrogens with one attached hydrogen (secondary N) is 1. The van der Waals surface area contributed by atoms with Gasteiger partial charge >= 0.3 is 0 Å². The monoisotopic (exact) mass is 421 g/mol. The second kappa shape index (κ2) is 9.26. The first-order valence-electron chi connectivity index (χ1n) is 11.4. The van der Waals surface area contributed by atoms with Crippen LogP contribution in [0.1, 0.15) is 58.9 Å². The van der Waals surface area contributed by atoms with Crippen LogP contribution >= 0.6 is 0 Å². The average Bonchev–Trinajstić information content (AvgIpc) is 2.78. The van der Waals surface area contributed by atoms with Gasteiger partial charge in [0.05, 0.1) is 23.3 Å². The highest BCUT2D eigenvalue weighted by atomic mass is 16.2. The second-order valence-corrected chi connectivity index (χ2v) is 10.1. The Labute approximate surface area is 186 Å². The Kier molecular flexibility index (Phi) is 6.89. The van der Waals surface area contributed by atoms with Crippen molar-refractivity contribution in [1.82, 2.24) is 10.2 Å². The molecule has 0 saturated carbocycles. The minimum Gasteiger partial charge on any atom is -0.353 e. The van der Waals surface area contributed by atoms with Gasteiger partial charge in [-0.05, 0) is 43.6 Å². The molecule has 1 N–H and O–H groups in total. The predicted molar refractivity (Wildman–Crippen MR) is 122 cm³/mol. The molecule has 0 aromatic heterocycles. The van der Waals surface area contributed by atoms with Crippen LogP contribution < -0.4 is 5.32 Å². The van der Waals surface area contributed by atoms with Crippen molar-refractivity contribution in [3.63, 3.8) is 0 Å². The molecule has 31 heavy (non-hydrogen) atoms. The van der Waals surface area contributed by atoms with E-state index in [4.69, 9.17) is 0 Å². The molecule has 1 aromatic carbocycles. The van der Waals surface area contributed by atoms with Crippen molar-refractivity contribution in [3.05, 3.63) is 48.0 Å². The van der Waals surface area contributed by atoms with Crippen LogP contribution in [0.3, 0.4) is 0 Å². The second-order valence-electron chi connectivity index (χ2n) is 10.1. The van der Waals surface area contributed by atoms with Crippen LogP contribution in [-0.2, 0) is 15.0 Å². The Morgan fingerprint density at radius 2 is 1.68 bits per heavy atom. The molecule has 166 valence electrons. The van der Waals surface area contributed by atoms with Gasteiger partial charge in [-0.25, -0.2) is 0 Å². The highest BCUT2D eigenvalue weighted by Gasteiger charge is 2.42. The van der Waals surface area contributed by atoms with Crippen LogP contribution in [-0.4, -0.2) is 35.8 Å². The maximum Gasteiger partial charge on any atom is 0.226 e. The summed E-state index contributed by atoms with van der Waals surface area (Å²) in [6, 6.07) is 12.4. The number of hydrogen-bond donors (Lipinski definition) is 1. The van der Waals surface area contributed by atoms with Gasteiger partial charge in [0.2, 0.25) is 11.8 Å². The number of allylic oxidation sites excluding steroid dienone is 2. The van der Waals surface area contributed by atoms with Gasteiger partial charge in [-0.1, -0.05) is 63.3 Å². The standard InChI is InChI=1S/C26H35N3O2/c1-19(25(2,3)4)28-23(30)21-12-8-9-13-22(21)24(31)29-16-14-26(18-27,15-17-29)20-10-6-5-7-11-20/h5-11,19,21-22H,12-17H2,1-4H3,(H,28,30)/t19-,21?,22?/m1/s1. The summed E-state index contributed by atoms with van der Waals surface area (Å²) in [4.78, 5) is 28.3. The van der Waals surface area contributed by atoms with Gasteiger partial charge in [0.25, 0.3) is 0 Å². The highest BCUT2D eigenvalue weighted by Crippen LogP contribution is 2.36. The van der Waals surface area contributed by atoms with Gasteiger partial charge in [0.15, 0.2) is 0 Å². The molecule has 5 nitrogen and oxygen atoms in total. The zero-order valence-electron chi connectivity index (χ0n) is 19.2. The minimum absolute atomic E-state index is 0.0266. The molecule has 1 heterocycles. The Balaban J connectivity index is 1.68. The first-order valence-corrected chi connectivity index (χ1v) is 11.4. The van der Waals surface area contributed by atoms with Gasteiger partial charge in [-0.15, -0.1) is 0 Å². The van der Waals surface area contributed by atoms with Gasteiger partial charge in [-0.2, -0.15) is 5.26 Å². The van der Waals surface area contributed by atoms with Crippen molar-refractivity contribution in [1.29, 1.82) is 5.26 Å². The molecule has 0 bridgehead atoms. The van der Waals surface area contributed by atoms with Crippen molar-refractivity contribution in [3.8, 4) is 6.07 Å². The molecular formula is C26H35N3O2. The zero-order chi connectivity index (χ0) is 22.6. The van der Waals surface area contributed by atoms with Crippen molar-refractivity contribution in [2.45, 2.75) is 64.8 Å². The number of nitriles is 1. The summed E-state index contributed by atoms with van der Waals surface area (Å²) in [5.41, 5.74) is 0.451. The number of benzene rings is 1. The Morgan fingerprint density at radius 3 is 2.23 bits per heavy atom. The predicted octanol–water partition coefficient (Wildman–Crippen LogP) is 4.20. The Hall–Kier alpha value is -2.61. The zero-order valence-corrected chi connectivity index (χ0v) is 19.2. The summed E-state index contributed by atoms with van der Waals surface area (Å²) in [7, 11) is 0. The van der Waals surface area contributed by atoms with E-state index >= 15 is 0 Å². The Morgan fingerprint density at radius 1 is 1.10 bits per heavy atom. The third-order valence-electron chi connectivity index (χ3n) is 7.21. The number of rotatable bonds is 4. The van der Waals surface area contributed by atoms with E-state index in [1.165, 1.54) is 0 Å². The summed E-state index contributed by atoms with van der Waals surface area (Å²) in [6.45, 7) is 9.42. The number of carbonyl (C=O) groups excluding carboxylic acids is 2. The molecule has 3 rings (SSSR count). The minimum atomic E-state index is -0.538. The number of nitrogens with zero attached hydrogens (tertiary/aromatic N) is 2. The molecular weight excluding hydrogens is 386 g/mol. The molecule has 5 heteroatoms. The number of hydrogen-bond acceptors (Lipinski definition) is 3. The maximum atomic E-state index is 13.4. The summed E-state index contributed by atoms with van der Waals surface area (Å²) in [5.74, 6) is -0.646. The SMILES string of the molecule is C[C@@H](NC(=O)C1CC=CCC1C(=O)N1CCC(C#N)(c2ccccc2)CC1)C(C)(C)C. The highest BCUT2D eigenvalue weighted by molar-refractivity contribution is 5.88. The topological polar surface area (TPSA) is 73.2 Å². The molecule has 2 amide bonds. The van der Waals surface area contributed by atoms with E-state index in [-0.39, 0.29) is 35.1 Å². The van der Waals surface area contributed by atoms with Gasteiger partial charge in [0.1, 0.15) is 0 Å². The van der Waals surface area contributed by atoms with Gasteiger partial charge in [-0.3, -0.25) is 9.59 Å². The van der Waals surface area contributed by atoms with E-state index in [1.807, 2.05) is 54.3 Å². The smallest absolute Gasteiger partial charge is 0.226 e. The molecule has 0 radical (unpaired) electrons. The molecule has 1 aliphatic heterocycles. The molecule has 2 aliphatic rings. The van der Waals surface area contributed by atoms with Crippen molar-refractivity contribution in [2.24, 2.45) is 17.3 Å². The summed E-state index contributed by atoms with van der Waals surface area (Å²) >= 11 is 0. The number of amides is 2. The van der Waals surface area contributed by atoms with E-state index in [2.05, 4.69) is 32.2 Å². The lowest BCUT2D eigenvalue weighted by Crippen LogP contribution is -2.51. The van der Waals surface area contributed by atoms with Crippen LogP contribution in [0.15, 0.2) is 42.5 Å². The fourth-order valence-electron chi connectivity index (χ4n) is 4.48. The summed E-state index contributed by atoms with van der Waals surface area (Å²) < 4.78 is 0. The van der Waals surface area contributed by atoms with E-state index in [1.54, 1.807) is 0 Å². The van der Waals surface area contributed by atoms with Gasteiger partial charge in [0, 0.05) is 19.1 Å². The summed E-state index contributed by atoms with van der Waals surface area (Å²) in [6.07, 6.45) is 6.48. The Bertz CT molecular complexity index is 855. The van der Waals surface area contributed by atoms with Crippen LogP contribution in [0.2, 0.25) is 0 Å². The van der Waals surface area contributed by atoms with Crippen LogP contribution in [0, 0.1) is 28.6 Å². The maximum absolute atomic E-state index is 13.4. The third kappa shape index (κ3) is 5.01. The molecule has 1 aliphatic carbocycles.